The molecular weight excluding hydrogens is 397 g/mol. The average molecular weight is 417 g/mol. The van der Waals surface area contributed by atoms with Crippen molar-refractivity contribution in [3.8, 4) is 0 Å². The lowest BCUT2D eigenvalue weighted by molar-refractivity contribution is 0.0383. The van der Waals surface area contributed by atoms with Gasteiger partial charge in [0.05, 0.1) is 23.5 Å². The highest BCUT2D eigenvalue weighted by Gasteiger charge is 2.17. The van der Waals surface area contributed by atoms with Gasteiger partial charge in [-0.3, -0.25) is 19.6 Å². The summed E-state index contributed by atoms with van der Waals surface area (Å²) < 4.78 is 18.3. The van der Waals surface area contributed by atoms with E-state index < -0.39 is 11.7 Å². The van der Waals surface area contributed by atoms with Crippen molar-refractivity contribution in [2.45, 2.75) is 0 Å². The molecule has 2 amide bonds. The van der Waals surface area contributed by atoms with Crippen LogP contribution in [-0.2, 0) is 4.74 Å². The van der Waals surface area contributed by atoms with Gasteiger partial charge >= 0.3 is 0 Å². The van der Waals surface area contributed by atoms with E-state index in [0.717, 1.165) is 32.8 Å². The van der Waals surface area contributed by atoms with E-state index in [0.29, 0.717) is 33.0 Å². The van der Waals surface area contributed by atoms with Crippen LogP contribution in [-0.4, -0.2) is 66.3 Å². The number of nitrogens with one attached hydrogen (secondary N) is 3. The van der Waals surface area contributed by atoms with Crippen molar-refractivity contribution in [3.63, 3.8) is 0 Å². The zero-order valence-electron chi connectivity index (χ0n) is 15.5. The molecular formula is C19H20FN5O3S. The summed E-state index contributed by atoms with van der Waals surface area (Å²) in [6, 6.07) is 6.94. The highest BCUT2D eigenvalue weighted by molar-refractivity contribution is 7.20. The molecule has 0 aliphatic carbocycles. The van der Waals surface area contributed by atoms with E-state index in [9.17, 15) is 14.0 Å². The van der Waals surface area contributed by atoms with Crippen molar-refractivity contribution in [3.05, 3.63) is 46.6 Å². The molecule has 3 aromatic rings. The van der Waals surface area contributed by atoms with Crippen LogP contribution in [0.2, 0.25) is 0 Å². The summed E-state index contributed by atoms with van der Waals surface area (Å²) in [5.74, 6) is -0.645. The molecule has 1 aromatic carbocycles. The molecule has 0 atom stereocenters. The van der Waals surface area contributed by atoms with Gasteiger partial charge in [-0.2, -0.15) is 5.10 Å². The molecule has 1 aliphatic rings. The molecule has 2 aromatic heterocycles. The van der Waals surface area contributed by atoms with Gasteiger partial charge in [-0.25, -0.2) is 4.39 Å². The number of aromatic nitrogens is 2. The third-order valence-electron chi connectivity index (χ3n) is 4.64. The Morgan fingerprint density at radius 3 is 2.72 bits per heavy atom. The first-order valence-corrected chi connectivity index (χ1v) is 10.0. The average Bonchev–Trinajstić information content (AvgIpc) is 3.31. The third kappa shape index (κ3) is 4.61. The molecule has 1 saturated heterocycles. The second-order valence-electron chi connectivity index (χ2n) is 6.60. The highest BCUT2D eigenvalue weighted by Crippen LogP contribution is 2.29. The minimum Gasteiger partial charge on any atom is -0.379 e. The SMILES string of the molecule is O=C(Nc1n[nH]c2sc(C(=O)NCCN3CCOCC3)cc12)c1ccc(F)cc1. The molecule has 1 aliphatic heterocycles. The lowest BCUT2D eigenvalue weighted by atomic mass is 10.2. The number of thiophene rings is 1. The summed E-state index contributed by atoms with van der Waals surface area (Å²) in [4.78, 5) is 28.2. The molecule has 0 radical (unpaired) electrons. The molecule has 0 unspecified atom stereocenters. The first-order chi connectivity index (χ1) is 14.1. The molecule has 4 rings (SSSR count). The number of benzene rings is 1. The number of halogens is 1. The van der Waals surface area contributed by atoms with Crippen molar-refractivity contribution in [2.24, 2.45) is 0 Å². The van der Waals surface area contributed by atoms with Crippen LogP contribution in [0.15, 0.2) is 30.3 Å². The Morgan fingerprint density at radius 1 is 1.21 bits per heavy atom. The van der Waals surface area contributed by atoms with E-state index in [1.165, 1.54) is 35.6 Å². The molecule has 3 N–H and O–H groups in total. The number of H-pyrrole nitrogens is 1. The molecule has 0 bridgehead atoms. The Labute approximate surface area is 170 Å². The monoisotopic (exact) mass is 417 g/mol. The van der Waals surface area contributed by atoms with E-state index >= 15 is 0 Å². The standard InChI is InChI=1S/C19H20FN5O3S/c20-13-3-1-12(2-4-13)17(26)22-16-14-11-15(29-19(14)24-23-16)18(27)21-5-6-25-7-9-28-10-8-25/h1-4,11H,5-10H2,(H,21,27)(H2,22,23,24,26). The largest absolute Gasteiger partial charge is 0.379 e. The number of morpholine rings is 1. The van der Waals surface area contributed by atoms with Gasteiger partial charge in [-0.05, 0) is 30.3 Å². The minimum absolute atomic E-state index is 0.163. The van der Waals surface area contributed by atoms with E-state index in [1.54, 1.807) is 6.07 Å². The quantitative estimate of drug-likeness (QED) is 0.570. The first kappa shape index (κ1) is 19.5. The van der Waals surface area contributed by atoms with Crippen molar-refractivity contribution < 1.29 is 18.7 Å². The first-order valence-electron chi connectivity index (χ1n) is 9.23. The number of ether oxygens (including phenoxy) is 1. The zero-order valence-corrected chi connectivity index (χ0v) is 16.4. The lowest BCUT2D eigenvalue weighted by Crippen LogP contribution is -2.41. The second kappa shape index (κ2) is 8.68. The predicted molar refractivity (Wildman–Crippen MR) is 108 cm³/mol. The van der Waals surface area contributed by atoms with E-state index in [1.807, 2.05) is 0 Å². The molecule has 0 spiro atoms. The molecule has 152 valence electrons. The van der Waals surface area contributed by atoms with Gasteiger partial charge in [0.15, 0.2) is 5.82 Å². The van der Waals surface area contributed by atoms with Crippen LogP contribution in [0.3, 0.4) is 0 Å². The van der Waals surface area contributed by atoms with Crippen molar-refractivity contribution >= 4 is 39.2 Å². The summed E-state index contributed by atoms with van der Waals surface area (Å²) in [6.45, 7) is 4.53. The van der Waals surface area contributed by atoms with Crippen LogP contribution in [0.25, 0.3) is 10.2 Å². The number of nitrogens with zero attached hydrogens (tertiary/aromatic N) is 2. The summed E-state index contributed by atoms with van der Waals surface area (Å²) in [6.07, 6.45) is 0. The highest BCUT2D eigenvalue weighted by atomic mass is 32.1. The van der Waals surface area contributed by atoms with Crippen LogP contribution in [0.5, 0.6) is 0 Å². The number of rotatable bonds is 6. The number of fused-ring (bicyclic) bond motifs is 1. The van der Waals surface area contributed by atoms with Crippen LogP contribution in [0, 0.1) is 5.82 Å². The van der Waals surface area contributed by atoms with E-state index in [2.05, 4.69) is 25.7 Å². The number of anilines is 1. The van der Waals surface area contributed by atoms with Crippen LogP contribution in [0.4, 0.5) is 10.2 Å². The molecule has 8 nitrogen and oxygen atoms in total. The smallest absolute Gasteiger partial charge is 0.261 e. The molecule has 29 heavy (non-hydrogen) atoms. The molecule has 0 saturated carbocycles. The van der Waals surface area contributed by atoms with Crippen molar-refractivity contribution in [1.29, 1.82) is 0 Å². The number of amides is 2. The van der Waals surface area contributed by atoms with Crippen LogP contribution >= 0.6 is 11.3 Å². The normalized spacial score (nSPS) is 14.8. The van der Waals surface area contributed by atoms with Gasteiger partial charge in [0, 0.05) is 31.7 Å². The zero-order chi connectivity index (χ0) is 20.2. The molecule has 1 fully saturated rings. The Hall–Kier alpha value is -2.82. The minimum atomic E-state index is -0.411. The van der Waals surface area contributed by atoms with Crippen molar-refractivity contribution in [1.82, 2.24) is 20.4 Å². The summed E-state index contributed by atoms with van der Waals surface area (Å²) in [5.41, 5.74) is 0.318. The topological polar surface area (TPSA) is 99.3 Å². The maximum atomic E-state index is 13.0. The fourth-order valence-electron chi connectivity index (χ4n) is 3.04. The van der Waals surface area contributed by atoms with Gasteiger partial charge in [0.25, 0.3) is 11.8 Å². The molecule has 3 heterocycles. The Balaban J connectivity index is 1.38. The number of carbonyl (C=O) groups is 2. The van der Waals surface area contributed by atoms with E-state index in [4.69, 9.17) is 4.74 Å². The summed E-state index contributed by atoms with van der Waals surface area (Å²) in [5, 5.41) is 13.2. The van der Waals surface area contributed by atoms with Gasteiger partial charge < -0.3 is 15.4 Å². The van der Waals surface area contributed by atoms with Crippen molar-refractivity contribution in [2.75, 3.05) is 44.7 Å². The number of aromatic amines is 1. The van der Waals surface area contributed by atoms with E-state index in [-0.39, 0.29) is 5.91 Å². The van der Waals surface area contributed by atoms with Gasteiger partial charge in [-0.1, -0.05) is 0 Å². The Bertz CT molecular complexity index is 1010. The fourth-order valence-corrected chi connectivity index (χ4v) is 3.96. The summed E-state index contributed by atoms with van der Waals surface area (Å²) in [7, 11) is 0. The van der Waals surface area contributed by atoms with Gasteiger partial charge in [0.1, 0.15) is 10.6 Å². The van der Waals surface area contributed by atoms with Crippen LogP contribution in [0.1, 0.15) is 20.0 Å². The predicted octanol–water partition coefficient (Wildman–Crippen LogP) is 2.08. The van der Waals surface area contributed by atoms with Gasteiger partial charge in [-0.15, -0.1) is 11.3 Å². The van der Waals surface area contributed by atoms with Crippen LogP contribution < -0.4 is 10.6 Å². The number of carbonyl (C=O) groups excluding carboxylic acids is 2. The Kier molecular flexibility index (Phi) is 5.84. The maximum Gasteiger partial charge on any atom is 0.261 e. The second-order valence-corrected chi connectivity index (χ2v) is 7.65. The number of hydrogen-bond donors (Lipinski definition) is 3. The third-order valence-corrected chi connectivity index (χ3v) is 5.67. The fraction of sp³-hybridized carbons (Fsp3) is 0.316. The lowest BCUT2D eigenvalue weighted by Gasteiger charge is -2.26. The maximum absolute atomic E-state index is 13.0. The van der Waals surface area contributed by atoms with Gasteiger partial charge in [0.2, 0.25) is 0 Å². The summed E-state index contributed by atoms with van der Waals surface area (Å²) >= 11 is 1.27. The number of hydrogen-bond acceptors (Lipinski definition) is 6. The molecule has 10 heteroatoms. The Morgan fingerprint density at radius 2 is 1.97 bits per heavy atom.